The Labute approximate surface area is 183 Å². The van der Waals surface area contributed by atoms with Crippen molar-refractivity contribution in [1.29, 1.82) is 0 Å². The molecular formula is C26H27N3O2. The molecule has 1 atom stereocenters. The lowest BCUT2D eigenvalue weighted by Crippen LogP contribution is -2.43. The third-order valence-corrected chi connectivity index (χ3v) is 5.65. The predicted octanol–water partition coefficient (Wildman–Crippen LogP) is 4.31. The van der Waals surface area contributed by atoms with Gasteiger partial charge in [0.05, 0.1) is 6.04 Å². The molecule has 0 aliphatic carbocycles. The molecule has 5 nitrogen and oxygen atoms in total. The summed E-state index contributed by atoms with van der Waals surface area (Å²) in [6.45, 7) is 1.04. The molecule has 0 bridgehead atoms. The van der Waals surface area contributed by atoms with Gasteiger partial charge in [-0.2, -0.15) is 0 Å². The maximum absolute atomic E-state index is 12.5. The molecule has 3 aromatic carbocycles. The number of amides is 3. The molecule has 5 heteroatoms. The Hall–Kier alpha value is -3.60. The molecule has 158 valence electrons. The molecule has 1 saturated heterocycles. The van der Waals surface area contributed by atoms with Gasteiger partial charge in [-0.15, -0.1) is 0 Å². The molecule has 0 aromatic heterocycles. The van der Waals surface area contributed by atoms with Gasteiger partial charge in [0, 0.05) is 31.1 Å². The van der Waals surface area contributed by atoms with Gasteiger partial charge in [0.1, 0.15) is 0 Å². The molecule has 0 saturated carbocycles. The molecule has 0 unspecified atom stereocenters. The van der Waals surface area contributed by atoms with E-state index >= 15 is 0 Å². The Morgan fingerprint density at radius 2 is 1.42 bits per heavy atom. The van der Waals surface area contributed by atoms with Gasteiger partial charge >= 0.3 is 6.03 Å². The molecule has 1 aliphatic heterocycles. The number of carbonyl (C=O) groups excluding carboxylic acids is 2. The summed E-state index contributed by atoms with van der Waals surface area (Å²) in [6.07, 6.45) is 1.11. The minimum absolute atomic E-state index is 0.0321. The first kappa shape index (κ1) is 20.7. The maximum atomic E-state index is 12.5. The number of nitrogens with zero attached hydrogens (tertiary/aromatic N) is 1. The van der Waals surface area contributed by atoms with E-state index in [-0.39, 0.29) is 23.9 Å². The van der Waals surface area contributed by atoms with E-state index in [1.54, 1.807) is 4.90 Å². The van der Waals surface area contributed by atoms with Crippen LogP contribution in [0.5, 0.6) is 0 Å². The minimum atomic E-state index is -0.229. The molecule has 0 radical (unpaired) electrons. The standard InChI is InChI=1S/C26H27N3O2/c30-25-18-22(19-29(25)23-14-8-3-9-15-23)28-26(31)27-17-16-24(20-10-4-1-5-11-20)21-12-6-2-7-13-21/h1-15,22,24H,16-19H2,(H2,27,28,31)/t22-/m0/s1. The summed E-state index contributed by atoms with van der Waals surface area (Å²) < 4.78 is 0. The Bertz CT molecular complexity index is 953. The molecule has 31 heavy (non-hydrogen) atoms. The topological polar surface area (TPSA) is 61.4 Å². The van der Waals surface area contributed by atoms with Crippen LogP contribution in [0.25, 0.3) is 0 Å². The number of hydrogen-bond acceptors (Lipinski definition) is 2. The fourth-order valence-corrected chi connectivity index (χ4v) is 4.12. The predicted molar refractivity (Wildman–Crippen MR) is 123 cm³/mol. The molecule has 1 fully saturated rings. The zero-order valence-corrected chi connectivity index (χ0v) is 17.4. The van der Waals surface area contributed by atoms with Crippen molar-refractivity contribution in [3.63, 3.8) is 0 Å². The zero-order chi connectivity index (χ0) is 21.5. The first-order valence-corrected chi connectivity index (χ1v) is 10.7. The Morgan fingerprint density at radius 3 is 2.00 bits per heavy atom. The van der Waals surface area contributed by atoms with Crippen molar-refractivity contribution in [3.8, 4) is 0 Å². The van der Waals surface area contributed by atoms with E-state index in [0.717, 1.165) is 12.1 Å². The Kier molecular flexibility index (Phi) is 6.62. The zero-order valence-electron chi connectivity index (χ0n) is 17.4. The monoisotopic (exact) mass is 413 g/mol. The lowest BCUT2D eigenvalue weighted by Gasteiger charge is -2.19. The second-order valence-corrected chi connectivity index (χ2v) is 7.80. The minimum Gasteiger partial charge on any atom is -0.338 e. The first-order valence-electron chi connectivity index (χ1n) is 10.7. The average molecular weight is 414 g/mol. The maximum Gasteiger partial charge on any atom is 0.315 e. The van der Waals surface area contributed by atoms with Gasteiger partial charge in [-0.3, -0.25) is 4.79 Å². The van der Waals surface area contributed by atoms with Crippen LogP contribution < -0.4 is 15.5 Å². The van der Waals surface area contributed by atoms with Crippen molar-refractivity contribution >= 4 is 17.6 Å². The third-order valence-electron chi connectivity index (χ3n) is 5.65. The molecule has 2 N–H and O–H groups in total. The van der Waals surface area contributed by atoms with Gasteiger partial charge in [0.15, 0.2) is 0 Å². The number of urea groups is 1. The molecule has 1 heterocycles. The molecule has 4 rings (SSSR count). The van der Waals surface area contributed by atoms with Crippen molar-refractivity contribution < 1.29 is 9.59 Å². The van der Waals surface area contributed by atoms with Gasteiger partial charge in [0.25, 0.3) is 0 Å². The number of rotatable bonds is 7. The lowest BCUT2D eigenvalue weighted by atomic mass is 9.88. The van der Waals surface area contributed by atoms with Gasteiger partial charge in [-0.05, 0) is 29.7 Å². The molecule has 0 spiro atoms. The summed E-state index contributed by atoms with van der Waals surface area (Å²) in [7, 11) is 0. The third kappa shape index (κ3) is 5.31. The highest BCUT2D eigenvalue weighted by Crippen LogP contribution is 2.27. The van der Waals surface area contributed by atoms with Gasteiger partial charge in [-0.25, -0.2) is 4.79 Å². The fourth-order valence-electron chi connectivity index (χ4n) is 4.12. The quantitative estimate of drug-likeness (QED) is 0.606. The van der Waals surface area contributed by atoms with E-state index in [9.17, 15) is 9.59 Å². The van der Waals surface area contributed by atoms with Crippen LogP contribution in [0.4, 0.5) is 10.5 Å². The van der Waals surface area contributed by atoms with Crippen LogP contribution in [-0.2, 0) is 4.79 Å². The van der Waals surface area contributed by atoms with Crippen molar-refractivity contribution in [2.75, 3.05) is 18.0 Å². The van der Waals surface area contributed by atoms with E-state index in [2.05, 4.69) is 34.9 Å². The highest BCUT2D eigenvalue weighted by molar-refractivity contribution is 5.96. The second kappa shape index (κ2) is 9.94. The van der Waals surface area contributed by atoms with Crippen molar-refractivity contribution in [2.24, 2.45) is 0 Å². The fraction of sp³-hybridized carbons (Fsp3) is 0.231. The Balaban J connectivity index is 1.31. The van der Waals surface area contributed by atoms with E-state index in [1.165, 1.54) is 11.1 Å². The van der Waals surface area contributed by atoms with Crippen LogP contribution in [0.1, 0.15) is 29.9 Å². The summed E-state index contributed by atoms with van der Waals surface area (Å²) in [6, 6.07) is 29.8. The highest BCUT2D eigenvalue weighted by Gasteiger charge is 2.31. The normalized spacial score (nSPS) is 15.8. The molecular weight excluding hydrogens is 386 g/mol. The number of hydrogen-bond donors (Lipinski definition) is 2. The van der Waals surface area contributed by atoms with Crippen LogP contribution in [0.15, 0.2) is 91.0 Å². The van der Waals surface area contributed by atoms with Crippen LogP contribution in [-0.4, -0.2) is 31.1 Å². The summed E-state index contributed by atoms with van der Waals surface area (Å²) in [5, 5.41) is 5.92. The van der Waals surface area contributed by atoms with Gasteiger partial charge in [-0.1, -0.05) is 78.9 Å². The number of carbonyl (C=O) groups is 2. The highest BCUT2D eigenvalue weighted by atomic mass is 16.2. The van der Waals surface area contributed by atoms with Crippen molar-refractivity contribution in [2.45, 2.75) is 24.8 Å². The van der Waals surface area contributed by atoms with Crippen LogP contribution in [0, 0.1) is 0 Å². The SMILES string of the molecule is O=C(NCCC(c1ccccc1)c1ccccc1)N[C@H]1CC(=O)N(c2ccccc2)C1. The number of benzene rings is 3. The van der Waals surface area contributed by atoms with E-state index < -0.39 is 0 Å². The number of para-hydroxylation sites is 1. The summed E-state index contributed by atoms with van der Waals surface area (Å²) in [4.78, 5) is 26.5. The smallest absolute Gasteiger partial charge is 0.315 e. The summed E-state index contributed by atoms with van der Waals surface area (Å²) >= 11 is 0. The van der Waals surface area contributed by atoms with Crippen LogP contribution in [0.2, 0.25) is 0 Å². The molecule has 1 aliphatic rings. The summed E-state index contributed by atoms with van der Waals surface area (Å²) in [5.74, 6) is 0.244. The van der Waals surface area contributed by atoms with E-state index in [0.29, 0.717) is 19.5 Å². The van der Waals surface area contributed by atoms with Gasteiger partial charge < -0.3 is 15.5 Å². The van der Waals surface area contributed by atoms with Crippen LogP contribution in [0.3, 0.4) is 0 Å². The second-order valence-electron chi connectivity index (χ2n) is 7.80. The summed E-state index contributed by atoms with van der Waals surface area (Å²) in [5.41, 5.74) is 3.33. The van der Waals surface area contributed by atoms with Crippen LogP contribution >= 0.6 is 0 Å². The van der Waals surface area contributed by atoms with E-state index in [4.69, 9.17) is 0 Å². The molecule has 3 aromatic rings. The molecule has 3 amide bonds. The lowest BCUT2D eigenvalue weighted by molar-refractivity contribution is -0.117. The number of nitrogens with one attached hydrogen (secondary N) is 2. The Morgan fingerprint density at radius 1 is 0.871 bits per heavy atom. The first-order chi connectivity index (χ1) is 15.2. The average Bonchev–Trinajstić information content (AvgIpc) is 3.18. The largest absolute Gasteiger partial charge is 0.338 e. The number of anilines is 1. The van der Waals surface area contributed by atoms with Gasteiger partial charge in [0.2, 0.25) is 5.91 Å². The van der Waals surface area contributed by atoms with E-state index in [1.807, 2.05) is 66.7 Å². The van der Waals surface area contributed by atoms with Crippen molar-refractivity contribution in [1.82, 2.24) is 10.6 Å². The van der Waals surface area contributed by atoms with Crippen molar-refractivity contribution in [3.05, 3.63) is 102 Å².